The molecule has 1 unspecified atom stereocenters. The Balaban J connectivity index is 4.34. The fourth-order valence-electron chi connectivity index (χ4n) is 1.56. The number of aliphatic hydroxyl groups is 1. The van der Waals surface area contributed by atoms with Crippen LogP contribution in [0, 0.1) is 0 Å². The van der Waals surface area contributed by atoms with Gasteiger partial charge in [-0.3, -0.25) is 0 Å². The second-order valence-electron chi connectivity index (χ2n) is 5.65. The number of rotatable bonds is 8. The molecule has 3 heteroatoms. The van der Waals surface area contributed by atoms with E-state index in [0.29, 0.717) is 6.42 Å². The standard InChI is InChI=1S/C18H28O3/c1-13(2)17(19)11-10-15(5)8-7-9-16(6)12-18(20)21-14(3)4/h7-9,12,14,17,19H,1,10-11H2,2-6H3/b9-7+,15-8+,16-12+. The summed E-state index contributed by atoms with van der Waals surface area (Å²) in [6.07, 6.45) is 8.17. The highest BCUT2D eigenvalue weighted by Gasteiger charge is 2.03. The summed E-state index contributed by atoms with van der Waals surface area (Å²) in [5.41, 5.74) is 2.80. The van der Waals surface area contributed by atoms with E-state index < -0.39 is 6.10 Å². The first-order chi connectivity index (χ1) is 9.72. The fourth-order valence-corrected chi connectivity index (χ4v) is 1.56. The molecule has 3 nitrogen and oxygen atoms in total. The van der Waals surface area contributed by atoms with Crippen molar-refractivity contribution < 1.29 is 14.6 Å². The molecule has 0 saturated carbocycles. The maximum atomic E-state index is 11.4. The van der Waals surface area contributed by atoms with Crippen molar-refractivity contribution in [2.24, 2.45) is 0 Å². The molecule has 0 bridgehead atoms. The molecule has 0 aromatic heterocycles. The van der Waals surface area contributed by atoms with Gasteiger partial charge >= 0.3 is 5.97 Å². The second kappa shape index (κ2) is 10.2. The van der Waals surface area contributed by atoms with Crippen LogP contribution < -0.4 is 0 Å². The predicted molar refractivity (Wildman–Crippen MR) is 87.9 cm³/mol. The van der Waals surface area contributed by atoms with Gasteiger partial charge in [0.1, 0.15) is 0 Å². The first kappa shape index (κ1) is 19.4. The summed E-state index contributed by atoms with van der Waals surface area (Å²) in [4.78, 5) is 11.4. The van der Waals surface area contributed by atoms with Crippen LogP contribution in [0.25, 0.3) is 0 Å². The minimum Gasteiger partial charge on any atom is -0.460 e. The predicted octanol–water partition coefficient (Wildman–Crippen LogP) is 4.10. The van der Waals surface area contributed by atoms with E-state index in [9.17, 15) is 9.90 Å². The van der Waals surface area contributed by atoms with Crippen LogP contribution in [-0.4, -0.2) is 23.3 Å². The van der Waals surface area contributed by atoms with Gasteiger partial charge in [0.25, 0.3) is 0 Å². The smallest absolute Gasteiger partial charge is 0.331 e. The normalized spacial score (nSPS) is 14.6. The highest BCUT2D eigenvalue weighted by atomic mass is 16.5. The Morgan fingerprint density at radius 3 is 2.43 bits per heavy atom. The van der Waals surface area contributed by atoms with Crippen LogP contribution in [-0.2, 0) is 9.53 Å². The molecule has 0 radical (unpaired) electrons. The molecule has 1 N–H and O–H groups in total. The number of carbonyl (C=O) groups excluding carboxylic acids is 1. The van der Waals surface area contributed by atoms with Gasteiger partial charge < -0.3 is 9.84 Å². The maximum absolute atomic E-state index is 11.4. The summed E-state index contributed by atoms with van der Waals surface area (Å²) >= 11 is 0. The first-order valence-corrected chi connectivity index (χ1v) is 7.28. The number of esters is 1. The van der Waals surface area contributed by atoms with E-state index in [1.807, 2.05) is 52.8 Å². The molecular weight excluding hydrogens is 264 g/mol. The Labute approximate surface area is 128 Å². The Kier molecular flexibility index (Phi) is 9.39. The number of aliphatic hydroxyl groups excluding tert-OH is 1. The largest absolute Gasteiger partial charge is 0.460 e. The molecule has 0 heterocycles. The van der Waals surface area contributed by atoms with Gasteiger partial charge in [-0.1, -0.05) is 36.0 Å². The van der Waals surface area contributed by atoms with Gasteiger partial charge in [-0.15, -0.1) is 0 Å². The highest BCUT2D eigenvalue weighted by molar-refractivity contribution is 5.83. The number of allylic oxidation sites excluding steroid dienone is 5. The van der Waals surface area contributed by atoms with E-state index in [1.54, 1.807) is 0 Å². The quantitative estimate of drug-likeness (QED) is 0.317. The van der Waals surface area contributed by atoms with Crippen LogP contribution in [0.4, 0.5) is 0 Å². The summed E-state index contributed by atoms with van der Waals surface area (Å²) in [6.45, 7) is 13.1. The van der Waals surface area contributed by atoms with Gasteiger partial charge in [0.05, 0.1) is 12.2 Å². The number of hydrogen-bond acceptors (Lipinski definition) is 3. The lowest BCUT2D eigenvalue weighted by atomic mass is 10.0. The van der Waals surface area contributed by atoms with Crippen molar-refractivity contribution in [3.8, 4) is 0 Å². The fraction of sp³-hybridized carbons (Fsp3) is 0.500. The van der Waals surface area contributed by atoms with E-state index in [2.05, 4.69) is 6.58 Å². The van der Waals surface area contributed by atoms with Crippen molar-refractivity contribution in [3.05, 3.63) is 47.6 Å². The third-order valence-electron chi connectivity index (χ3n) is 2.82. The number of carbonyl (C=O) groups is 1. The van der Waals surface area contributed by atoms with Crippen LogP contribution in [0.3, 0.4) is 0 Å². The third-order valence-corrected chi connectivity index (χ3v) is 2.82. The zero-order valence-corrected chi connectivity index (χ0v) is 13.8. The molecule has 0 saturated heterocycles. The lowest BCUT2D eigenvalue weighted by Crippen LogP contribution is -2.08. The van der Waals surface area contributed by atoms with Crippen molar-refractivity contribution >= 4 is 5.97 Å². The van der Waals surface area contributed by atoms with Gasteiger partial charge in [-0.05, 0) is 53.0 Å². The summed E-state index contributed by atoms with van der Waals surface area (Å²) in [5.74, 6) is -0.322. The number of ether oxygens (including phenoxy) is 1. The van der Waals surface area contributed by atoms with Crippen LogP contribution in [0.1, 0.15) is 47.5 Å². The highest BCUT2D eigenvalue weighted by Crippen LogP contribution is 2.11. The van der Waals surface area contributed by atoms with Gasteiger partial charge in [0, 0.05) is 6.08 Å². The molecule has 0 aromatic carbocycles. The van der Waals surface area contributed by atoms with Gasteiger partial charge in [-0.25, -0.2) is 4.79 Å². The van der Waals surface area contributed by atoms with Crippen molar-refractivity contribution in [1.82, 2.24) is 0 Å². The van der Waals surface area contributed by atoms with Crippen molar-refractivity contribution in [2.75, 3.05) is 0 Å². The SMILES string of the molecule is C=C(C)C(O)CC/C(C)=C/C=C/C(C)=C/C(=O)OC(C)C. The van der Waals surface area contributed by atoms with E-state index in [0.717, 1.165) is 17.6 Å². The summed E-state index contributed by atoms with van der Waals surface area (Å²) < 4.78 is 5.03. The molecule has 0 aliphatic carbocycles. The molecule has 21 heavy (non-hydrogen) atoms. The molecule has 0 rings (SSSR count). The molecule has 0 spiro atoms. The Hall–Kier alpha value is -1.61. The van der Waals surface area contributed by atoms with Crippen molar-refractivity contribution in [3.63, 3.8) is 0 Å². The minimum absolute atomic E-state index is 0.104. The molecule has 0 aromatic rings. The van der Waals surface area contributed by atoms with Crippen molar-refractivity contribution in [2.45, 2.75) is 59.7 Å². The maximum Gasteiger partial charge on any atom is 0.331 e. The van der Waals surface area contributed by atoms with E-state index in [4.69, 9.17) is 4.74 Å². The monoisotopic (exact) mass is 292 g/mol. The van der Waals surface area contributed by atoms with Crippen LogP contribution in [0.5, 0.6) is 0 Å². The molecule has 1 atom stereocenters. The topological polar surface area (TPSA) is 46.5 Å². The molecule has 0 fully saturated rings. The third kappa shape index (κ3) is 10.8. The lowest BCUT2D eigenvalue weighted by Gasteiger charge is -2.09. The Morgan fingerprint density at radius 1 is 1.29 bits per heavy atom. The summed E-state index contributed by atoms with van der Waals surface area (Å²) in [6, 6.07) is 0. The Morgan fingerprint density at radius 2 is 1.90 bits per heavy atom. The van der Waals surface area contributed by atoms with Crippen LogP contribution in [0.15, 0.2) is 47.6 Å². The Bertz CT molecular complexity index is 439. The van der Waals surface area contributed by atoms with E-state index in [1.165, 1.54) is 11.6 Å². The van der Waals surface area contributed by atoms with E-state index in [-0.39, 0.29) is 12.1 Å². The summed E-state index contributed by atoms with van der Waals surface area (Å²) in [7, 11) is 0. The second-order valence-corrected chi connectivity index (χ2v) is 5.65. The zero-order chi connectivity index (χ0) is 16.4. The summed E-state index contributed by atoms with van der Waals surface area (Å²) in [5, 5.41) is 9.65. The van der Waals surface area contributed by atoms with E-state index >= 15 is 0 Å². The molecule has 0 amide bonds. The van der Waals surface area contributed by atoms with Crippen LogP contribution in [0.2, 0.25) is 0 Å². The van der Waals surface area contributed by atoms with Gasteiger partial charge in [-0.2, -0.15) is 0 Å². The molecular formula is C18H28O3. The zero-order valence-electron chi connectivity index (χ0n) is 13.8. The molecule has 118 valence electrons. The lowest BCUT2D eigenvalue weighted by molar-refractivity contribution is -0.141. The minimum atomic E-state index is -0.440. The van der Waals surface area contributed by atoms with Crippen molar-refractivity contribution in [1.29, 1.82) is 0 Å². The molecule has 0 aliphatic rings. The number of hydrogen-bond donors (Lipinski definition) is 1. The first-order valence-electron chi connectivity index (χ1n) is 7.28. The van der Waals surface area contributed by atoms with Gasteiger partial charge in [0.2, 0.25) is 0 Å². The molecule has 0 aliphatic heterocycles. The van der Waals surface area contributed by atoms with Gasteiger partial charge in [0.15, 0.2) is 0 Å². The average Bonchev–Trinajstić information content (AvgIpc) is 2.34. The van der Waals surface area contributed by atoms with Crippen LogP contribution >= 0.6 is 0 Å². The average molecular weight is 292 g/mol.